The van der Waals surface area contributed by atoms with Crippen molar-refractivity contribution in [3.63, 3.8) is 0 Å². The molecule has 0 unspecified atom stereocenters. The molecule has 0 bridgehead atoms. The summed E-state index contributed by atoms with van der Waals surface area (Å²) in [5, 5.41) is 20.0. The van der Waals surface area contributed by atoms with Crippen molar-refractivity contribution < 1.29 is 43.9 Å². The van der Waals surface area contributed by atoms with Crippen LogP contribution in [0.4, 0.5) is 0 Å². The van der Waals surface area contributed by atoms with E-state index in [4.69, 9.17) is 3.32 Å². The zero-order chi connectivity index (χ0) is 16.0. The Labute approximate surface area is 127 Å². The van der Waals surface area contributed by atoms with E-state index in [0.717, 1.165) is 12.2 Å². The standard InChI is InChI=1S/2C5H8O2.C3H7O.Ti/c2*1-4(6)3-5(2)7;1-3(2)4;/h2*3,6H,1-2H3;3H,1-2H3;/q;;-1;+3/p-2/b2*4-3-;;. The first-order chi connectivity index (χ1) is 8.52. The van der Waals surface area contributed by atoms with Crippen molar-refractivity contribution in [1.29, 1.82) is 0 Å². The molecule has 0 aliphatic rings. The molecular weight excluding hydrogens is 284 g/mol. The molecule has 0 aliphatic heterocycles. The van der Waals surface area contributed by atoms with Crippen molar-refractivity contribution in [3.8, 4) is 0 Å². The summed E-state index contributed by atoms with van der Waals surface area (Å²) in [7, 11) is 0. The minimum atomic E-state index is -0.187. The van der Waals surface area contributed by atoms with Crippen LogP contribution in [-0.4, -0.2) is 17.7 Å². The Hall–Kier alpha value is -0.906. The first-order valence-electron chi connectivity index (χ1n) is 5.57. The fraction of sp³-hybridized carbons (Fsp3) is 0.538. The molecule has 0 spiro atoms. The molecule has 6 heteroatoms. The molecule has 0 aromatic heterocycles. The van der Waals surface area contributed by atoms with Gasteiger partial charge >= 0.3 is 44.1 Å². The van der Waals surface area contributed by atoms with Gasteiger partial charge in [-0.05, 0) is 26.0 Å². The van der Waals surface area contributed by atoms with Crippen molar-refractivity contribution in [2.45, 2.75) is 47.6 Å². The van der Waals surface area contributed by atoms with Crippen molar-refractivity contribution in [2.75, 3.05) is 0 Å². The summed E-state index contributed by atoms with van der Waals surface area (Å²) >= 11 is 1.70. The number of ketones is 2. The van der Waals surface area contributed by atoms with Gasteiger partial charge in [-0.2, -0.15) is 0 Å². The molecule has 0 saturated carbocycles. The zero-order valence-corrected chi connectivity index (χ0v) is 13.8. The van der Waals surface area contributed by atoms with Gasteiger partial charge in [0.15, 0.2) is 11.6 Å². The van der Waals surface area contributed by atoms with E-state index < -0.39 is 0 Å². The molecule has 0 aromatic carbocycles. The summed E-state index contributed by atoms with van der Waals surface area (Å²) in [4.78, 5) is 20.0. The molecule has 19 heavy (non-hydrogen) atoms. The predicted molar refractivity (Wildman–Crippen MR) is 65.1 cm³/mol. The summed E-state index contributed by atoms with van der Waals surface area (Å²) < 4.78 is 4.75. The first kappa shape index (κ1) is 23.2. The third-order valence-electron chi connectivity index (χ3n) is 1.05. The summed E-state index contributed by atoms with van der Waals surface area (Å²) in [5.74, 6) is -0.750. The van der Waals surface area contributed by atoms with Crippen LogP contribution in [0.2, 0.25) is 0 Å². The Morgan fingerprint density at radius 1 is 0.947 bits per heavy atom. The molecule has 0 amide bonds. The number of carbonyl (C=O) groups is 2. The molecule has 0 atom stereocenters. The Kier molecular flexibility index (Phi) is 18.5. The van der Waals surface area contributed by atoms with Crippen molar-refractivity contribution in [3.05, 3.63) is 23.7 Å². The monoisotopic (exact) mass is 305 g/mol. The Bertz CT molecular complexity index is 283. The van der Waals surface area contributed by atoms with Crippen LogP contribution in [0.5, 0.6) is 0 Å². The quantitative estimate of drug-likeness (QED) is 0.431. The third kappa shape index (κ3) is 47.1. The second kappa shape index (κ2) is 15.2. The fourth-order valence-electron chi connectivity index (χ4n) is 0.572. The van der Waals surface area contributed by atoms with E-state index in [9.17, 15) is 19.8 Å². The number of allylic oxidation sites excluding steroid dienone is 4. The molecule has 0 fully saturated rings. The second-order valence-corrected chi connectivity index (χ2v) is 4.27. The maximum atomic E-state index is 9.98. The van der Waals surface area contributed by atoms with Gasteiger partial charge < -0.3 is 10.2 Å². The van der Waals surface area contributed by atoms with E-state index in [-0.39, 0.29) is 23.1 Å². The third-order valence-corrected chi connectivity index (χ3v) is 1.78. The van der Waals surface area contributed by atoms with Gasteiger partial charge in [-0.15, -0.1) is 11.5 Å². The Morgan fingerprint density at radius 3 is 1.16 bits per heavy atom. The molecule has 0 aliphatic carbocycles. The van der Waals surface area contributed by atoms with Crippen LogP contribution in [0, 0.1) is 0 Å². The predicted octanol–water partition coefficient (Wildman–Crippen LogP) is 0.552. The van der Waals surface area contributed by atoms with Crippen LogP contribution >= 0.6 is 0 Å². The maximum absolute atomic E-state index is 9.98. The molecule has 0 N–H and O–H groups in total. The van der Waals surface area contributed by atoms with Crippen LogP contribution in [0.15, 0.2) is 23.7 Å². The van der Waals surface area contributed by atoms with Crippen LogP contribution in [0.1, 0.15) is 41.5 Å². The van der Waals surface area contributed by atoms with Crippen molar-refractivity contribution >= 4 is 11.6 Å². The van der Waals surface area contributed by atoms with Gasteiger partial charge in [0.05, 0.1) is 0 Å². The van der Waals surface area contributed by atoms with Crippen LogP contribution in [0.25, 0.3) is 0 Å². The van der Waals surface area contributed by atoms with E-state index >= 15 is 0 Å². The number of hydrogen-bond acceptors (Lipinski definition) is 5. The normalized spacial score (nSPS) is 11.0. The summed E-state index contributed by atoms with van der Waals surface area (Å²) in [5.41, 5.74) is 0. The first-order valence-corrected chi connectivity index (χ1v) is 6.20. The van der Waals surface area contributed by atoms with Gasteiger partial charge in [-0.25, -0.2) is 0 Å². The van der Waals surface area contributed by atoms with Gasteiger partial charge in [0.2, 0.25) is 0 Å². The molecule has 0 rings (SSSR count). The summed E-state index contributed by atoms with van der Waals surface area (Å²) in [6, 6.07) is 0. The average Bonchev–Trinajstić information content (AvgIpc) is 2.14. The van der Waals surface area contributed by atoms with E-state index in [1.165, 1.54) is 27.7 Å². The Morgan fingerprint density at radius 2 is 1.16 bits per heavy atom. The van der Waals surface area contributed by atoms with Gasteiger partial charge in [0.25, 0.3) is 0 Å². The van der Waals surface area contributed by atoms with Crippen molar-refractivity contribution in [2.24, 2.45) is 0 Å². The molecule has 5 nitrogen and oxygen atoms in total. The Balaban J connectivity index is -0.000000206. The molecular formula is C13H21O5Ti. The number of hydrogen-bond donors (Lipinski definition) is 0. The van der Waals surface area contributed by atoms with E-state index in [1.807, 2.05) is 13.8 Å². The molecule has 0 radical (unpaired) electrons. The summed E-state index contributed by atoms with van der Waals surface area (Å²) in [6.07, 6.45) is 2.50. The molecule has 0 heterocycles. The van der Waals surface area contributed by atoms with E-state index in [1.54, 1.807) is 20.8 Å². The molecule has 0 aromatic rings. The number of rotatable bonds is 3. The van der Waals surface area contributed by atoms with Crippen LogP contribution < -0.4 is 10.2 Å². The topological polar surface area (TPSA) is 89.5 Å². The van der Waals surface area contributed by atoms with Gasteiger partial charge in [-0.1, -0.05) is 13.8 Å². The van der Waals surface area contributed by atoms with Crippen LogP contribution in [-0.2, 0) is 33.7 Å². The second-order valence-electron chi connectivity index (χ2n) is 3.90. The van der Waals surface area contributed by atoms with Gasteiger partial charge in [-0.3, -0.25) is 9.59 Å². The van der Waals surface area contributed by atoms with Gasteiger partial charge in [0.1, 0.15) is 0 Å². The minimum absolute atomic E-state index is 0.187. The fourth-order valence-corrected chi connectivity index (χ4v) is 0.572. The molecule has 107 valence electrons. The van der Waals surface area contributed by atoms with Crippen LogP contribution in [0.3, 0.4) is 0 Å². The average molecular weight is 305 g/mol. The molecule has 0 saturated heterocycles. The van der Waals surface area contributed by atoms with Crippen molar-refractivity contribution in [1.82, 2.24) is 0 Å². The number of carbonyl (C=O) groups excluding carboxylic acids is 2. The zero-order valence-electron chi connectivity index (χ0n) is 12.3. The van der Waals surface area contributed by atoms with E-state index in [2.05, 4.69) is 0 Å². The van der Waals surface area contributed by atoms with E-state index in [0.29, 0.717) is 6.10 Å². The van der Waals surface area contributed by atoms with Gasteiger partial charge in [0, 0.05) is 0 Å². The summed E-state index contributed by atoms with van der Waals surface area (Å²) in [6.45, 7) is 9.39. The SMILES string of the molecule is CC(=O)/C=C(/C)[O-].CC(=O)/C=C(/C)[O-].CC(C)[O][Ti+2].